The summed E-state index contributed by atoms with van der Waals surface area (Å²) < 4.78 is 0.0347. The number of rotatable bonds is 2. The summed E-state index contributed by atoms with van der Waals surface area (Å²) >= 11 is 3.63. The van der Waals surface area contributed by atoms with Crippen LogP contribution in [0.15, 0.2) is 53.2 Å². The van der Waals surface area contributed by atoms with Gasteiger partial charge in [0.25, 0.3) is 0 Å². The zero-order valence-corrected chi connectivity index (χ0v) is 19.4. The quantitative estimate of drug-likeness (QED) is 0.611. The average molecular weight is 429 g/mol. The molecule has 0 bridgehead atoms. The molecule has 0 saturated carbocycles. The van der Waals surface area contributed by atoms with E-state index in [2.05, 4.69) is 81.0 Å². The van der Waals surface area contributed by atoms with Crippen molar-refractivity contribution >= 4 is 24.5 Å². The minimum atomic E-state index is -1.53. The van der Waals surface area contributed by atoms with Crippen molar-refractivity contribution in [3.63, 3.8) is 0 Å². The van der Waals surface area contributed by atoms with E-state index in [1.807, 2.05) is 12.3 Å². The zero-order chi connectivity index (χ0) is 17.0. The first-order chi connectivity index (χ1) is 10.7. The molecule has 2 aromatic rings. The molecule has 1 aliphatic carbocycles. The number of pyridine rings is 1. The van der Waals surface area contributed by atoms with Gasteiger partial charge in [0, 0.05) is 0 Å². The van der Waals surface area contributed by atoms with E-state index >= 15 is 0 Å². The molecule has 1 heterocycles. The van der Waals surface area contributed by atoms with Crippen molar-refractivity contribution in [1.29, 1.82) is 0 Å². The number of hydrogen-bond donors (Lipinski definition) is 0. The van der Waals surface area contributed by atoms with Crippen molar-refractivity contribution in [3.8, 4) is 0 Å². The zero-order valence-electron chi connectivity index (χ0n) is 15.6. The molecule has 1 nitrogen and oxygen atoms in total. The Morgan fingerprint density at radius 3 is 2.12 bits per heavy atom. The molecule has 3 rings (SSSR count). The molecule has 1 atom stereocenters. The molecule has 133 valence electrons. The van der Waals surface area contributed by atoms with Crippen molar-refractivity contribution in [3.05, 3.63) is 58.8 Å². The van der Waals surface area contributed by atoms with Gasteiger partial charge in [-0.05, 0) is 0 Å². The normalized spacial score (nSPS) is 20.5. The Hall–Kier alpha value is -0.561. The van der Waals surface area contributed by atoms with Crippen LogP contribution in [-0.2, 0) is 16.3 Å². The van der Waals surface area contributed by atoms with E-state index in [-0.39, 0.29) is 28.7 Å². The Balaban J connectivity index is 0.00000156. The summed E-state index contributed by atoms with van der Waals surface area (Å²) in [4.78, 5) is 4.71. The van der Waals surface area contributed by atoms with Gasteiger partial charge < -0.3 is 24.8 Å². The fourth-order valence-electron chi connectivity index (χ4n) is 3.82. The Morgan fingerprint density at radius 2 is 1.52 bits per heavy atom. The van der Waals surface area contributed by atoms with Crippen LogP contribution in [0.4, 0.5) is 0 Å². The van der Waals surface area contributed by atoms with E-state index in [0.717, 1.165) is 5.52 Å². The van der Waals surface area contributed by atoms with Crippen LogP contribution in [0, 0.1) is 0 Å². The van der Waals surface area contributed by atoms with E-state index < -0.39 is 8.07 Å². The molecular weight excluding hydrogens is 405 g/mol. The smallest absolute Gasteiger partial charge is 1.00 e. The molecule has 0 amide bonds. The molecule has 0 N–H and O–H groups in total. The third kappa shape index (κ3) is 3.27. The summed E-state index contributed by atoms with van der Waals surface area (Å²) in [6.45, 7) is 14.2. The molecular formula is C20H24Cl2CrNSi. The van der Waals surface area contributed by atoms with Gasteiger partial charge in [0.2, 0.25) is 0 Å². The summed E-state index contributed by atoms with van der Waals surface area (Å²) in [7, 11) is -1.53. The van der Waals surface area contributed by atoms with Crippen LogP contribution in [-0.4, -0.2) is 13.1 Å². The van der Waals surface area contributed by atoms with Crippen LogP contribution in [0.1, 0.15) is 26.3 Å². The summed E-state index contributed by atoms with van der Waals surface area (Å²) in [5.41, 5.74) is 8.21. The largest absolute Gasteiger partial charge is 1.00 e. The minimum Gasteiger partial charge on any atom is -1.00 e. The number of nitrogens with zero attached hydrogens (tertiary/aromatic N) is 1. The molecule has 1 aliphatic rings. The van der Waals surface area contributed by atoms with Crippen molar-refractivity contribution in [2.45, 2.75) is 44.3 Å². The molecule has 0 saturated heterocycles. The SMILES string of the molecule is CC1=C(C)[C]([Cr+2])([Si](C)(C)C)C(c2cccc3cccnc23)=C1C.[Cl-].[Cl-]. The number of fused-ring (bicyclic) bond motifs is 1. The van der Waals surface area contributed by atoms with Crippen LogP contribution in [0.25, 0.3) is 16.5 Å². The Morgan fingerprint density at radius 1 is 0.920 bits per heavy atom. The Labute approximate surface area is 173 Å². The van der Waals surface area contributed by atoms with Gasteiger partial charge in [0.1, 0.15) is 0 Å². The van der Waals surface area contributed by atoms with Gasteiger partial charge in [-0.15, -0.1) is 0 Å². The third-order valence-electron chi connectivity index (χ3n) is 5.34. The molecule has 1 aromatic carbocycles. The van der Waals surface area contributed by atoms with E-state index in [9.17, 15) is 0 Å². The van der Waals surface area contributed by atoms with Crippen LogP contribution in [0.5, 0.6) is 0 Å². The number of hydrogen-bond acceptors (Lipinski definition) is 1. The predicted octanol–water partition coefficient (Wildman–Crippen LogP) is -0.0508. The number of halogens is 2. The fraction of sp³-hybridized carbons (Fsp3) is 0.350. The van der Waals surface area contributed by atoms with Gasteiger partial charge >= 0.3 is 149 Å². The third-order valence-corrected chi connectivity index (χ3v) is 11.7. The van der Waals surface area contributed by atoms with Gasteiger partial charge in [-0.25, -0.2) is 0 Å². The Kier molecular flexibility index (Phi) is 6.82. The van der Waals surface area contributed by atoms with Crippen molar-refractivity contribution in [1.82, 2.24) is 4.98 Å². The van der Waals surface area contributed by atoms with Crippen LogP contribution in [0.2, 0.25) is 23.5 Å². The maximum absolute atomic E-state index is 4.71. The second kappa shape index (κ2) is 7.59. The fourth-order valence-corrected chi connectivity index (χ4v) is 6.85. The van der Waals surface area contributed by atoms with Crippen LogP contribution < -0.4 is 24.8 Å². The van der Waals surface area contributed by atoms with Gasteiger partial charge in [0.15, 0.2) is 0 Å². The Bertz CT molecular complexity index is 862. The minimum absolute atomic E-state index is 0. The molecule has 25 heavy (non-hydrogen) atoms. The monoisotopic (exact) mass is 428 g/mol. The first-order valence-electron chi connectivity index (χ1n) is 8.14. The average Bonchev–Trinajstić information content (AvgIpc) is 2.68. The maximum Gasteiger partial charge on any atom is -1.00 e. The van der Waals surface area contributed by atoms with Gasteiger partial charge in [-0.3, -0.25) is 0 Å². The van der Waals surface area contributed by atoms with Gasteiger partial charge in [-0.1, -0.05) is 0 Å². The van der Waals surface area contributed by atoms with Crippen LogP contribution >= 0.6 is 0 Å². The van der Waals surface area contributed by atoms with Crippen molar-refractivity contribution in [2.75, 3.05) is 0 Å². The standard InChI is InChI=1S/C20H24NSi.2ClH.Cr/c1-13-14(2)18(20(15(13)3)22(4,5)6)17-11-7-9-16-10-8-12-21-19(16)17;;;/h7-12H,1-6H3;2*1H;/q;;;+2/p-2. The molecule has 0 radical (unpaired) electrons. The second-order valence-electron chi connectivity index (χ2n) is 7.56. The number of allylic oxidation sites excluding steroid dienone is 4. The predicted molar refractivity (Wildman–Crippen MR) is 98.8 cm³/mol. The number of para-hydroxylation sites is 1. The number of aromatic nitrogens is 1. The number of benzene rings is 1. The van der Waals surface area contributed by atoms with E-state index in [0.29, 0.717) is 0 Å². The second-order valence-corrected chi connectivity index (χ2v) is 14.4. The maximum atomic E-state index is 4.71. The van der Waals surface area contributed by atoms with Gasteiger partial charge in [0.05, 0.1) is 0 Å². The van der Waals surface area contributed by atoms with E-state index in [1.165, 1.54) is 33.2 Å². The summed E-state index contributed by atoms with van der Waals surface area (Å²) in [5, 5.41) is 1.21. The molecule has 0 aliphatic heterocycles. The van der Waals surface area contributed by atoms with Gasteiger partial charge in [-0.2, -0.15) is 0 Å². The van der Waals surface area contributed by atoms with Crippen molar-refractivity contribution in [2.24, 2.45) is 0 Å². The molecule has 0 spiro atoms. The summed E-state index contributed by atoms with van der Waals surface area (Å²) in [6, 6.07) is 10.7. The molecule has 0 fully saturated rings. The van der Waals surface area contributed by atoms with E-state index in [1.54, 1.807) is 0 Å². The summed E-state index contributed by atoms with van der Waals surface area (Å²) in [5.74, 6) is 0. The topological polar surface area (TPSA) is 12.9 Å². The summed E-state index contributed by atoms with van der Waals surface area (Å²) in [6.07, 6.45) is 1.90. The first kappa shape index (κ1) is 22.5. The van der Waals surface area contributed by atoms with E-state index in [4.69, 9.17) is 4.98 Å². The first-order valence-corrected chi connectivity index (χ1v) is 12.3. The molecule has 1 unspecified atom stereocenters. The molecule has 5 heteroatoms. The van der Waals surface area contributed by atoms with Crippen LogP contribution in [0.3, 0.4) is 0 Å². The van der Waals surface area contributed by atoms with Crippen molar-refractivity contribution < 1.29 is 41.1 Å². The molecule has 1 aromatic heterocycles.